The van der Waals surface area contributed by atoms with E-state index in [9.17, 15) is 9.59 Å². The Balaban J connectivity index is 1.50. The fourth-order valence-electron chi connectivity index (χ4n) is 2.55. The number of amides is 2. The molecule has 1 saturated heterocycles. The third-order valence-electron chi connectivity index (χ3n) is 3.90. The smallest absolute Gasteiger partial charge is 0.254 e. The quantitative estimate of drug-likeness (QED) is 0.830. The number of anilines is 1. The summed E-state index contributed by atoms with van der Waals surface area (Å²) in [6.07, 6.45) is 1.57. The topological polar surface area (TPSA) is 83.8 Å². The predicted molar refractivity (Wildman–Crippen MR) is 92.2 cm³/mol. The second-order valence-corrected chi connectivity index (χ2v) is 5.70. The number of nitrogens with zero attached hydrogens (tertiary/aromatic N) is 1. The van der Waals surface area contributed by atoms with Crippen LogP contribution in [-0.2, 0) is 16.1 Å². The third kappa shape index (κ3) is 4.84. The van der Waals surface area contributed by atoms with Crippen LogP contribution < -0.4 is 10.6 Å². The Morgan fingerprint density at radius 2 is 1.96 bits per heavy atom. The summed E-state index contributed by atoms with van der Waals surface area (Å²) < 4.78 is 10.4. The summed E-state index contributed by atoms with van der Waals surface area (Å²) in [5.41, 5.74) is 1.33. The maximum atomic E-state index is 12.5. The van der Waals surface area contributed by atoms with E-state index in [-0.39, 0.29) is 18.4 Å². The summed E-state index contributed by atoms with van der Waals surface area (Å²) in [6, 6.07) is 10.7. The Morgan fingerprint density at radius 3 is 2.72 bits per heavy atom. The molecule has 1 aromatic carbocycles. The number of hydrogen-bond donors (Lipinski definition) is 2. The van der Waals surface area contributed by atoms with Crippen molar-refractivity contribution in [2.75, 3.05) is 38.2 Å². The molecule has 2 aromatic rings. The van der Waals surface area contributed by atoms with Gasteiger partial charge >= 0.3 is 0 Å². The summed E-state index contributed by atoms with van der Waals surface area (Å²) in [7, 11) is 0. The molecule has 0 unspecified atom stereocenters. The van der Waals surface area contributed by atoms with E-state index in [4.69, 9.17) is 9.15 Å². The van der Waals surface area contributed by atoms with Crippen molar-refractivity contribution < 1.29 is 18.7 Å². The number of benzene rings is 1. The van der Waals surface area contributed by atoms with Crippen LogP contribution in [0.15, 0.2) is 47.1 Å². The highest BCUT2D eigenvalue weighted by Crippen LogP contribution is 2.13. The molecule has 1 fully saturated rings. The molecule has 0 bridgehead atoms. The summed E-state index contributed by atoms with van der Waals surface area (Å²) in [5, 5.41) is 5.79. The Hall–Kier alpha value is -2.80. The van der Waals surface area contributed by atoms with Crippen LogP contribution in [-0.4, -0.2) is 49.6 Å². The minimum absolute atomic E-state index is 0.0192. The zero-order valence-corrected chi connectivity index (χ0v) is 13.9. The first-order valence-corrected chi connectivity index (χ1v) is 8.22. The fraction of sp³-hybridized carbons (Fsp3) is 0.333. The van der Waals surface area contributed by atoms with Gasteiger partial charge in [0, 0.05) is 24.3 Å². The molecule has 0 atom stereocenters. The Morgan fingerprint density at radius 1 is 1.12 bits per heavy atom. The van der Waals surface area contributed by atoms with Crippen LogP contribution in [0, 0.1) is 0 Å². The second kappa shape index (κ2) is 8.34. The van der Waals surface area contributed by atoms with Gasteiger partial charge in [-0.2, -0.15) is 0 Å². The third-order valence-corrected chi connectivity index (χ3v) is 3.90. The average molecular weight is 343 g/mol. The largest absolute Gasteiger partial charge is 0.467 e. The number of rotatable bonds is 6. The summed E-state index contributed by atoms with van der Waals surface area (Å²) in [6.45, 7) is 2.81. The molecule has 1 aromatic heterocycles. The average Bonchev–Trinajstić information content (AvgIpc) is 3.19. The molecule has 132 valence electrons. The highest BCUT2D eigenvalue weighted by atomic mass is 16.5. The van der Waals surface area contributed by atoms with Gasteiger partial charge in [-0.05, 0) is 30.3 Å². The van der Waals surface area contributed by atoms with Crippen LogP contribution in [0.1, 0.15) is 16.1 Å². The van der Waals surface area contributed by atoms with E-state index in [0.29, 0.717) is 44.2 Å². The van der Waals surface area contributed by atoms with Gasteiger partial charge in [0.05, 0.1) is 32.6 Å². The number of nitrogens with one attached hydrogen (secondary N) is 2. The molecule has 25 heavy (non-hydrogen) atoms. The lowest BCUT2D eigenvalue weighted by atomic mass is 10.1. The molecule has 7 heteroatoms. The first kappa shape index (κ1) is 17.0. The van der Waals surface area contributed by atoms with Gasteiger partial charge in [0.25, 0.3) is 5.91 Å². The Bertz CT molecular complexity index is 709. The zero-order valence-electron chi connectivity index (χ0n) is 13.9. The van der Waals surface area contributed by atoms with Crippen molar-refractivity contribution in [1.29, 1.82) is 0 Å². The molecule has 1 aliphatic heterocycles. The zero-order chi connectivity index (χ0) is 17.5. The van der Waals surface area contributed by atoms with Gasteiger partial charge in [0.15, 0.2) is 0 Å². The van der Waals surface area contributed by atoms with Gasteiger partial charge in [-0.15, -0.1) is 0 Å². The lowest BCUT2D eigenvalue weighted by molar-refractivity contribution is -0.119. The van der Waals surface area contributed by atoms with Crippen LogP contribution in [0.4, 0.5) is 5.69 Å². The Kier molecular flexibility index (Phi) is 5.69. The van der Waals surface area contributed by atoms with Crippen LogP contribution in [0.5, 0.6) is 0 Å². The SMILES string of the molecule is O=C(CNc1cccc(C(=O)N2CCOCC2)c1)NCc1ccco1. The highest BCUT2D eigenvalue weighted by molar-refractivity contribution is 5.95. The van der Waals surface area contributed by atoms with Gasteiger partial charge in [0.2, 0.25) is 5.91 Å². The lowest BCUT2D eigenvalue weighted by Crippen LogP contribution is -2.40. The first-order chi connectivity index (χ1) is 12.2. The molecular formula is C18H21N3O4. The van der Waals surface area contributed by atoms with Crippen molar-refractivity contribution in [2.45, 2.75) is 6.54 Å². The summed E-state index contributed by atoms with van der Waals surface area (Å²) >= 11 is 0. The molecule has 0 spiro atoms. The number of hydrogen-bond acceptors (Lipinski definition) is 5. The number of ether oxygens (including phenoxy) is 1. The predicted octanol–water partition coefficient (Wildman–Crippen LogP) is 1.48. The van der Waals surface area contributed by atoms with Crippen molar-refractivity contribution in [1.82, 2.24) is 10.2 Å². The lowest BCUT2D eigenvalue weighted by Gasteiger charge is -2.27. The molecule has 0 aliphatic carbocycles. The van der Waals surface area contributed by atoms with E-state index in [0.717, 1.165) is 5.69 Å². The molecule has 2 heterocycles. The van der Waals surface area contributed by atoms with Crippen LogP contribution >= 0.6 is 0 Å². The van der Waals surface area contributed by atoms with Crippen molar-refractivity contribution in [3.63, 3.8) is 0 Å². The number of carbonyl (C=O) groups excluding carboxylic acids is 2. The molecule has 0 saturated carbocycles. The highest BCUT2D eigenvalue weighted by Gasteiger charge is 2.18. The second-order valence-electron chi connectivity index (χ2n) is 5.70. The molecule has 3 rings (SSSR count). The number of furan rings is 1. The normalized spacial score (nSPS) is 14.2. The van der Waals surface area contributed by atoms with Crippen LogP contribution in [0.2, 0.25) is 0 Å². The van der Waals surface area contributed by atoms with Gasteiger partial charge in [-0.1, -0.05) is 6.07 Å². The maximum absolute atomic E-state index is 12.5. The van der Waals surface area contributed by atoms with Crippen molar-refractivity contribution in [3.8, 4) is 0 Å². The maximum Gasteiger partial charge on any atom is 0.254 e. The molecule has 7 nitrogen and oxygen atoms in total. The van der Waals surface area contributed by atoms with Gasteiger partial charge in [-0.25, -0.2) is 0 Å². The van der Waals surface area contributed by atoms with Gasteiger partial charge in [0.1, 0.15) is 5.76 Å². The summed E-state index contributed by atoms with van der Waals surface area (Å²) in [4.78, 5) is 26.1. The van der Waals surface area contributed by atoms with E-state index < -0.39 is 0 Å². The Labute approximate surface area is 145 Å². The number of carbonyl (C=O) groups is 2. The first-order valence-electron chi connectivity index (χ1n) is 8.22. The van der Waals surface area contributed by atoms with E-state index in [1.807, 2.05) is 6.07 Å². The van der Waals surface area contributed by atoms with E-state index in [2.05, 4.69) is 10.6 Å². The molecule has 1 aliphatic rings. The number of morpholine rings is 1. The van der Waals surface area contributed by atoms with Gasteiger partial charge in [-0.3, -0.25) is 9.59 Å². The standard InChI is InChI=1S/C18H21N3O4/c22-17(20-12-16-5-2-8-25-16)13-19-15-4-1-3-14(11-15)18(23)21-6-9-24-10-7-21/h1-5,8,11,19H,6-7,9-10,12-13H2,(H,20,22). The molecular weight excluding hydrogens is 322 g/mol. The molecule has 0 radical (unpaired) electrons. The molecule has 2 amide bonds. The van der Waals surface area contributed by atoms with Crippen molar-refractivity contribution in [2.24, 2.45) is 0 Å². The monoisotopic (exact) mass is 343 g/mol. The van der Waals surface area contributed by atoms with E-state index in [1.54, 1.807) is 41.5 Å². The van der Waals surface area contributed by atoms with Crippen LogP contribution in [0.3, 0.4) is 0 Å². The van der Waals surface area contributed by atoms with Gasteiger partial charge < -0.3 is 24.7 Å². The van der Waals surface area contributed by atoms with Crippen molar-refractivity contribution >= 4 is 17.5 Å². The minimum Gasteiger partial charge on any atom is -0.467 e. The molecule has 2 N–H and O–H groups in total. The van der Waals surface area contributed by atoms with E-state index in [1.165, 1.54) is 0 Å². The summed E-state index contributed by atoms with van der Waals surface area (Å²) in [5.74, 6) is 0.530. The minimum atomic E-state index is -0.152. The fourth-order valence-corrected chi connectivity index (χ4v) is 2.55. The van der Waals surface area contributed by atoms with Crippen molar-refractivity contribution in [3.05, 3.63) is 54.0 Å². The van der Waals surface area contributed by atoms with E-state index >= 15 is 0 Å². The van der Waals surface area contributed by atoms with Crippen LogP contribution in [0.25, 0.3) is 0 Å².